The first-order valence-electron chi connectivity index (χ1n) is 6.62. The van der Waals surface area contributed by atoms with Crippen molar-refractivity contribution in [2.75, 3.05) is 11.4 Å². The van der Waals surface area contributed by atoms with Gasteiger partial charge in [0.2, 0.25) is 5.91 Å². The molecular weight excluding hydrogens is 347 g/mol. The van der Waals surface area contributed by atoms with Crippen LogP contribution < -0.4 is 10.2 Å². The fourth-order valence-corrected chi connectivity index (χ4v) is 3.52. The first kappa shape index (κ1) is 15.7. The second kappa shape index (κ2) is 6.41. The van der Waals surface area contributed by atoms with Crippen LogP contribution in [0.15, 0.2) is 16.6 Å². The Morgan fingerprint density at radius 2 is 2.20 bits per heavy atom. The predicted molar refractivity (Wildman–Crippen MR) is 82.8 cm³/mol. The Kier molecular flexibility index (Phi) is 5.04. The summed E-state index contributed by atoms with van der Waals surface area (Å²) in [5, 5.41) is 3.50. The van der Waals surface area contributed by atoms with Gasteiger partial charge in [0, 0.05) is 17.1 Å². The molecule has 3 nitrogen and oxygen atoms in total. The van der Waals surface area contributed by atoms with E-state index in [4.69, 9.17) is 11.6 Å². The van der Waals surface area contributed by atoms with E-state index in [9.17, 15) is 9.18 Å². The smallest absolute Gasteiger partial charge is 0.244 e. The van der Waals surface area contributed by atoms with Crippen LogP contribution in [0.2, 0.25) is 5.02 Å². The van der Waals surface area contributed by atoms with Crippen molar-refractivity contribution >= 4 is 39.1 Å². The van der Waals surface area contributed by atoms with Crippen molar-refractivity contribution < 1.29 is 9.18 Å². The number of nitrogens with one attached hydrogen (secondary N) is 1. The van der Waals surface area contributed by atoms with E-state index in [0.717, 1.165) is 12.8 Å². The number of rotatable bonds is 3. The summed E-state index contributed by atoms with van der Waals surface area (Å²) in [6, 6.07) is 2.58. The fraction of sp³-hybridized carbons (Fsp3) is 0.500. The number of amides is 1. The Bertz CT molecular complexity index is 501. The van der Waals surface area contributed by atoms with Crippen LogP contribution in [-0.4, -0.2) is 24.5 Å². The summed E-state index contributed by atoms with van der Waals surface area (Å²) in [7, 11) is 0. The molecular formula is C14H17BrClFN2O. The van der Waals surface area contributed by atoms with Crippen molar-refractivity contribution in [2.45, 2.75) is 38.8 Å². The molecule has 0 radical (unpaired) electrons. The van der Waals surface area contributed by atoms with Gasteiger partial charge in [0.15, 0.2) is 0 Å². The third-order valence-electron chi connectivity index (χ3n) is 3.22. The minimum atomic E-state index is -0.424. The monoisotopic (exact) mass is 362 g/mol. The van der Waals surface area contributed by atoms with Crippen LogP contribution in [0, 0.1) is 5.82 Å². The van der Waals surface area contributed by atoms with Crippen molar-refractivity contribution in [3.05, 3.63) is 27.4 Å². The second-order valence-electron chi connectivity index (χ2n) is 5.22. The molecule has 1 N–H and O–H groups in total. The highest BCUT2D eigenvalue weighted by molar-refractivity contribution is 9.10. The molecule has 110 valence electrons. The Labute approximate surface area is 131 Å². The molecule has 0 saturated carbocycles. The van der Waals surface area contributed by atoms with E-state index >= 15 is 0 Å². The van der Waals surface area contributed by atoms with Crippen molar-refractivity contribution in [3.8, 4) is 0 Å². The zero-order chi connectivity index (χ0) is 14.9. The van der Waals surface area contributed by atoms with Gasteiger partial charge in [0.25, 0.3) is 0 Å². The average molecular weight is 364 g/mol. The molecule has 1 aliphatic heterocycles. The summed E-state index contributed by atoms with van der Waals surface area (Å²) < 4.78 is 13.8. The highest BCUT2D eigenvalue weighted by Crippen LogP contribution is 2.36. The van der Waals surface area contributed by atoms with E-state index in [1.54, 1.807) is 4.90 Å². The van der Waals surface area contributed by atoms with Gasteiger partial charge >= 0.3 is 0 Å². The van der Waals surface area contributed by atoms with Gasteiger partial charge in [-0.2, -0.15) is 0 Å². The minimum absolute atomic E-state index is 0.0147. The number of hydrogen-bond donors (Lipinski definition) is 1. The SMILES string of the molecule is CC(C)NC1CCCN(c2c(Cl)cc(F)cc2Br)C1=O. The van der Waals surface area contributed by atoms with Crippen molar-refractivity contribution in [3.63, 3.8) is 0 Å². The van der Waals surface area contributed by atoms with E-state index in [1.807, 2.05) is 13.8 Å². The molecule has 1 atom stereocenters. The standard InChI is InChI=1S/C14H17BrClFN2O/c1-8(2)18-12-4-3-5-19(14(12)20)13-10(15)6-9(17)7-11(13)16/h6-8,12,18H,3-5H2,1-2H3. The maximum atomic E-state index is 13.3. The Balaban J connectivity index is 2.30. The van der Waals surface area contributed by atoms with Crippen molar-refractivity contribution in [2.24, 2.45) is 0 Å². The summed E-state index contributed by atoms with van der Waals surface area (Å²) in [4.78, 5) is 14.2. The maximum Gasteiger partial charge on any atom is 0.244 e. The fourth-order valence-electron chi connectivity index (χ4n) is 2.45. The molecule has 20 heavy (non-hydrogen) atoms. The van der Waals surface area contributed by atoms with Gasteiger partial charge in [-0.3, -0.25) is 4.79 Å². The van der Waals surface area contributed by atoms with E-state index in [1.165, 1.54) is 12.1 Å². The van der Waals surface area contributed by atoms with Crippen LogP contribution in [0.5, 0.6) is 0 Å². The maximum absolute atomic E-state index is 13.3. The van der Waals surface area contributed by atoms with Crippen molar-refractivity contribution in [1.82, 2.24) is 5.32 Å². The van der Waals surface area contributed by atoms with E-state index in [-0.39, 0.29) is 23.0 Å². The molecule has 1 saturated heterocycles. The normalized spacial score (nSPS) is 19.8. The summed E-state index contributed by atoms with van der Waals surface area (Å²) >= 11 is 9.40. The number of hydrogen-bond acceptors (Lipinski definition) is 2. The van der Waals surface area contributed by atoms with Crippen LogP contribution in [0.4, 0.5) is 10.1 Å². The van der Waals surface area contributed by atoms with E-state index < -0.39 is 5.82 Å². The summed E-state index contributed by atoms with van der Waals surface area (Å²) in [6.45, 7) is 4.61. The van der Waals surface area contributed by atoms with Crippen LogP contribution in [0.3, 0.4) is 0 Å². The van der Waals surface area contributed by atoms with E-state index in [2.05, 4.69) is 21.2 Å². The van der Waals surface area contributed by atoms with Crippen LogP contribution in [0.25, 0.3) is 0 Å². The molecule has 0 bridgehead atoms. The first-order valence-corrected chi connectivity index (χ1v) is 7.79. The van der Waals surface area contributed by atoms with Gasteiger partial charge < -0.3 is 10.2 Å². The molecule has 1 aromatic carbocycles. The lowest BCUT2D eigenvalue weighted by Gasteiger charge is -2.34. The third-order valence-corrected chi connectivity index (χ3v) is 4.12. The number of benzene rings is 1. The number of halogens is 3. The lowest BCUT2D eigenvalue weighted by atomic mass is 10.0. The lowest BCUT2D eigenvalue weighted by Crippen LogP contribution is -2.52. The van der Waals surface area contributed by atoms with Gasteiger partial charge in [-0.15, -0.1) is 0 Å². The van der Waals surface area contributed by atoms with Gasteiger partial charge in [-0.1, -0.05) is 25.4 Å². The predicted octanol–water partition coefficient (Wildman–Crippen LogP) is 3.74. The summed E-state index contributed by atoms with van der Waals surface area (Å²) in [5.41, 5.74) is 0.549. The zero-order valence-corrected chi connectivity index (χ0v) is 13.8. The molecule has 1 amide bonds. The first-order chi connectivity index (χ1) is 9.40. The second-order valence-corrected chi connectivity index (χ2v) is 6.49. The minimum Gasteiger partial charge on any atom is -0.309 e. The molecule has 0 aromatic heterocycles. The van der Waals surface area contributed by atoms with Gasteiger partial charge in [0.05, 0.1) is 16.8 Å². The Morgan fingerprint density at radius 1 is 1.50 bits per heavy atom. The topological polar surface area (TPSA) is 32.3 Å². The van der Waals surface area contributed by atoms with Crippen molar-refractivity contribution in [1.29, 1.82) is 0 Å². The molecule has 1 aliphatic rings. The average Bonchev–Trinajstić information content (AvgIpc) is 2.32. The van der Waals surface area contributed by atoms with E-state index in [0.29, 0.717) is 16.7 Å². The number of nitrogens with zero attached hydrogens (tertiary/aromatic N) is 1. The van der Waals surface area contributed by atoms with Crippen LogP contribution >= 0.6 is 27.5 Å². The molecule has 1 fully saturated rings. The Hall–Kier alpha value is -0.650. The quantitative estimate of drug-likeness (QED) is 0.887. The highest BCUT2D eigenvalue weighted by Gasteiger charge is 2.32. The molecule has 0 spiro atoms. The number of carbonyl (C=O) groups excluding carboxylic acids is 1. The summed E-state index contributed by atoms with van der Waals surface area (Å²) in [5.74, 6) is -0.439. The molecule has 2 rings (SSSR count). The molecule has 1 heterocycles. The number of carbonyl (C=O) groups is 1. The highest BCUT2D eigenvalue weighted by atomic mass is 79.9. The Morgan fingerprint density at radius 3 is 2.80 bits per heavy atom. The lowest BCUT2D eigenvalue weighted by molar-refractivity contribution is -0.121. The molecule has 6 heteroatoms. The van der Waals surface area contributed by atoms with Gasteiger partial charge in [-0.25, -0.2) is 4.39 Å². The van der Waals surface area contributed by atoms with Gasteiger partial charge in [-0.05, 0) is 40.9 Å². The zero-order valence-electron chi connectivity index (χ0n) is 11.4. The third kappa shape index (κ3) is 3.32. The molecule has 0 aliphatic carbocycles. The largest absolute Gasteiger partial charge is 0.309 e. The van der Waals surface area contributed by atoms with Gasteiger partial charge in [0.1, 0.15) is 5.82 Å². The number of anilines is 1. The van der Waals surface area contributed by atoms with Crippen LogP contribution in [-0.2, 0) is 4.79 Å². The number of piperidine rings is 1. The van der Waals surface area contributed by atoms with Crippen LogP contribution in [0.1, 0.15) is 26.7 Å². The molecule has 1 unspecified atom stereocenters. The molecule has 1 aromatic rings. The summed E-state index contributed by atoms with van der Waals surface area (Å²) in [6.07, 6.45) is 1.69.